The van der Waals surface area contributed by atoms with E-state index >= 15 is 0 Å². The fourth-order valence-corrected chi connectivity index (χ4v) is 2.63. The molecule has 0 saturated heterocycles. The van der Waals surface area contributed by atoms with E-state index in [1.54, 1.807) is 18.2 Å². The highest BCUT2D eigenvalue weighted by Crippen LogP contribution is 2.38. The summed E-state index contributed by atoms with van der Waals surface area (Å²) in [6.45, 7) is 5.51. The molecule has 4 heteroatoms. The van der Waals surface area contributed by atoms with Gasteiger partial charge in [0.2, 0.25) is 0 Å². The number of phenolic OH excluding ortho intramolecular Hbond substituents is 1. The van der Waals surface area contributed by atoms with Gasteiger partial charge in [-0.1, -0.05) is 6.58 Å². The zero-order valence-electron chi connectivity index (χ0n) is 12.1. The molecular weight excluding hydrogens is 280 g/mol. The number of rotatable bonds is 3. The number of allylic oxidation sites excluding steroid dienone is 1. The smallest absolute Gasteiger partial charge is 0.182 e. The first-order chi connectivity index (χ1) is 10.5. The minimum atomic E-state index is -0.168. The van der Waals surface area contributed by atoms with Gasteiger partial charge in [-0.2, -0.15) is 0 Å². The first-order valence-corrected chi connectivity index (χ1v) is 6.83. The van der Waals surface area contributed by atoms with Gasteiger partial charge < -0.3 is 9.52 Å². The largest absolute Gasteiger partial charge is 0.508 e. The highest BCUT2D eigenvalue weighted by Gasteiger charge is 2.18. The van der Waals surface area contributed by atoms with Gasteiger partial charge in [0.1, 0.15) is 22.9 Å². The number of ketones is 1. The zero-order chi connectivity index (χ0) is 15.9. The van der Waals surface area contributed by atoms with E-state index in [1.165, 1.54) is 25.1 Å². The van der Waals surface area contributed by atoms with Crippen molar-refractivity contribution in [3.05, 3.63) is 58.8 Å². The topological polar surface area (TPSA) is 67.5 Å². The van der Waals surface area contributed by atoms with Gasteiger partial charge in [-0.15, -0.1) is 0 Å². The molecule has 1 aromatic rings. The summed E-state index contributed by atoms with van der Waals surface area (Å²) in [5, 5.41) is 10.4. The highest BCUT2D eigenvalue weighted by atomic mass is 16.3. The Bertz CT molecular complexity index is 934. The van der Waals surface area contributed by atoms with Crippen LogP contribution in [0.3, 0.4) is 0 Å². The summed E-state index contributed by atoms with van der Waals surface area (Å²) >= 11 is 0. The maximum Gasteiger partial charge on any atom is 0.182 e. The molecule has 1 aliphatic heterocycles. The molecule has 0 atom stereocenters. The Labute approximate surface area is 126 Å². The molecule has 0 bridgehead atoms. The fraction of sp³-hybridized carbons (Fsp3) is 0.111. The Morgan fingerprint density at radius 2 is 2.00 bits per heavy atom. The Hall–Kier alpha value is -2.88. The van der Waals surface area contributed by atoms with Crippen LogP contribution in [0.1, 0.15) is 18.9 Å². The van der Waals surface area contributed by atoms with Gasteiger partial charge in [-0.3, -0.25) is 9.59 Å². The number of aromatic hydroxyl groups is 1. The first-order valence-electron chi connectivity index (χ1n) is 6.83. The number of benzene rings is 2. The average Bonchev–Trinajstić information content (AvgIpc) is 2.43. The van der Waals surface area contributed by atoms with E-state index in [2.05, 4.69) is 6.58 Å². The predicted octanol–water partition coefficient (Wildman–Crippen LogP) is 3.60. The van der Waals surface area contributed by atoms with E-state index in [-0.39, 0.29) is 23.4 Å². The monoisotopic (exact) mass is 294 g/mol. The van der Waals surface area contributed by atoms with Gasteiger partial charge in [-0.05, 0) is 42.3 Å². The first kappa shape index (κ1) is 14.1. The molecule has 0 aromatic heterocycles. The third-order valence-electron chi connectivity index (χ3n) is 3.49. The minimum absolute atomic E-state index is 0.00585. The van der Waals surface area contributed by atoms with Crippen molar-refractivity contribution in [2.75, 3.05) is 0 Å². The summed E-state index contributed by atoms with van der Waals surface area (Å²) in [6.07, 6.45) is 0.216. The number of carbonyl (C=O) groups is 1. The maximum atomic E-state index is 11.6. The molecular formula is C18H14O4. The number of phenols is 1. The summed E-state index contributed by atoms with van der Waals surface area (Å²) in [7, 11) is 0. The normalized spacial score (nSPS) is 11.0. The molecule has 3 rings (SSSR count). The summed E-state index contributed by atoms with van der Waals surface area (Å²) < 4.78 is 5.72. The van der Waals surface area contributed by atoms with E-state index < -0.39 is 0 Å². The van der Waals surface area contributed by atoms with Gasteiger partial charge in [-0.25, -0.2) is 0 Å². The van der Waals surface area contributed by atoms with Crippen molar-refractivity contribution >= 4 is 22.3 Å². The molecule has 0 unspecified atom stereocenters. The van der Waals surface area contributed by atoms with Crippen LogP contribution < -0.4 is 5.43 Å². The van der Waals surface area contributed by atoms with Crippen LogP contribution in [0.25, 0.3) is 27.9 Å². The molecule has 1 aliphatic carbocycles. The van der Waals surface area contributed by atoms with Gasteiger partial charge in [0.25, 0.3) is 0 Å². The number of hydrogen-bond acceptors (Lipinski definition) is 4. The molecule has 0 spiro atoms. The molecule has 0 amide bonds. The zero-order valence-corrected chi connectivity index (χ0v) is 12.1. The Morgan fingerprint density at radius 3 is 2.73 bits per heavy atom. The van der Waals surface area contributed by atoms with Crippen molar-refractivity contribution in [3.8, 4) is 17.1 Å². The Kier molecular flexibility index (Phi) is 3.29. The Morgan fingerprint density at radius 1 is 1.23 bits per heavy atom. The molecule has 0 fully saturated rings. The lowest BCUT2D eigenvalue weighted by molar-refractivity contribution is -0.116. The number of Topliss-reactive ketones (excluding diaryl/α,β-unsaturated/α-hetero) is 1. The van der Waals surface area contributed by atoms with Gasteiger partial charge in [0.15, 0.2) is 5.43 Å². The van der Waals surface area contributed by atoms with Crippen molar-refractivity contribution in [1.82, 2.24) is 0 Å². The third kappa shape index (κ3) is 2.39. The lowest BCUT2D eigenvalue weighted by Crippen LogP contribution is -2.02. The van der Waals surface area contributed by atoms with E-state index in [9.17, 15) is 14.7 Å². The molecule has 4 nitrogen and oxygen atoms in total. The van der Waals surface area contributed by atoms with Crippen LogP contribution in [0.2, 0.25) is 0 Å². The Balaban J connectivity index is 2.41. The van der Waals surface area contributed by atoms with Crippen LogP contribution in [0.15, 0.2) is 52.2 Å². The van der Waals surface area contributed by atoms with Crippen molar-refractivity contribution in [2.24, 2.45) is 0 Å². The summed E-state index contributed by atoms with van der Waals surface area (Å²) in [5.41, 5.74) is 2.43. The molecule has 1 aromatic carbocycles. The molecule has 0 saturated carbocycles. The van der Waals surface area contributed by atoms with Crippen LogP contribution in [0, 0.1) is 0 Å². The molecule has 1 N–H and O–H groups in total. The second-order valence-corrected chi connectivity index (χ2v) is 5.30. The van der Waals surface area contributed by atoms with Crippen LogP contribution in [0.5, 0.6) is 5.75 Å². The number of fused-ring (bicyclic) bond motifs is 2. The number of carbonyl (C=O) groups excluding carboxylic acids is 1. The maximum absolute atomic E-state index is 11.6. The van der Waals surface area contributed by atoms with Crippen molar-refractivity contribution in [2.45, 2.75) is 13.3 Å². The molecule has 0 radical (unpaired) electrons. The number of hydrogen-bond donors (Lipinski definition) is 1. The SMILES string of the molecule is C=C(CC(C)=O)c1c2ccc(=O)cc-2oc2cc(O)ccc12. The summed E-state index contributed by atoms with van der Waals surface area (Å²) in [5.74, 6) is 0.480. The molecule has 22 heavy (non-hydrogen) atoms. The van der Waals surface area contributed by atoms with E-state index in [0.29, 0.717) is 16.9 Å². The predicted molar refractivity (Wildman–Crippen MR) is 85.1 cm³/mol. The van der Waals surface area contributed by atoms with Crippen LogP contribution >= 0.6 is 0 Å². The van der Waals surface area contributed by atoms with Crippen molar-refractivity contribution in [1.29, 1.82) is 0 Å². The molecule has 2 aliphatic rings. The van der Waals surface area contributed by atoms with Gasteiger partial charge >= 0.3 is 0 Å². The second-order valence-electron chi connectivity index (χ2n) is 5.30. The minimum Gasteiger partial charge on any atom is -0.508 e. The quantitative estimate of drug-likeness (QED) is 0.749. The van der Waals surface area contributed by atoms with Crippen LogP contribution in [0.4, 0.5) is 0 Å². The van der Waals surface area contributed by atoms with E-state index in [0.717, 1.165) is 16.5 Å². The third-order valence-corrected chi connectivity index (χ3v) is 3.49. The molecule has 110 valence electrons. The van der Waals surface area contributed by atoms with E-state index in [4.69, 9.17) is 4.42 Å². The lowest BCUT2D eigenvalue weighted by Gasteiger charge is -2.16. The van der Waals surface area contributed by atoms with Crippen molar-refractivity contribution < 1.29 is 14.3 Å². The fourth-order valence-electron chi connectivity index (χ4n) is 2.63. The summed E-state index contributed by atoms with van der Waals surface area (Å²) in [4.78, 5) is 23.0. The second kappa shape index (κ2) is 5.15. The molecule has 1 heterocycles. The van der Waals surface area contributed by atoms with Crippen LogP contribution in [-0.2, 0) is 4.79 Å². The standard InChI is InChI=1S/C18H14O4/c1-10(7-11(2)19)18-14-5-3-12(20)8-16(14)22-17-9-13(21)4-6-15(17)18/h3-6,8-9,20H,1,7H2,2H3. The summed E-state index contributed by atoms with van der Waals surface area (Å²) in [6, 6.07) is 9.28. The van der Waals surface area contributed by atoms with Crippen LogP contribution in [-0.4, -0.2) is 10.9 Å². The van der Waals surface area contributed by atoms with E-state index in [1.807, 2.05) is 0 Å². The van der Waals surface area contributed by atoms with Crippen molar-refractivity contribution in [3.63, 3.8) is 0 Å². The lowest BCUT2D eigenvalue weighted by atomic mass is 9.92. The highest BCUT2D eigenvalue weighted by molar-refractivity contribution is 6.01. The van der Waals surface area contributed by atoms with Gasteiger partial charge in [0.05, 0.1) is 0 Å². The van der Waals surface area contributed by atoms with Gasteiger partial charge in [0, 0.05) is 29.5 Å². The average molecular weight is 294 g/mol.